The molecule has 1 amide bonds. The van der Waals surface area contributed by atoms with Crippen LogP contribution in [0.1, 0.15) is 15.9 Å². The van der Waals surface area contributed by atoms with Gasteiger partial charge in [0.25, 0.3) is 5.91 Å². The van der Waals surface area contributed by atoms with Crippen molar-refractivity contribution in [3.8, 4) is 11.8 Å². The third-order valence-corrected chi connectivity index (χ3v) is 2.40. The lowest BCUT2D eigenvalue weighted by Crippen LogP contribution is -2.13. The maximum absolute atomic E-state index is 13.8. The highest BCUT2D eigenvalue weighted by Crippen LogP contribution is 2.16. The van der Waals surface area contributed by atoms with Crippen LogP contribution in [-0.4, -0.2) is 22.6 Å². The molecule has 1 aromatic heterocycles. The second kappa shape index (κ2) is 6.41. The minimum atomic E-state index is -0.566. The van der Waals surface area contributed by atoms with Crippen LogP contribution in [0.3, 0.4) is 0 Å². The Hall–Kier alpha value is -2.78. The van der Waals surface area contributed by atoms with E-state index in [0.29, 0.717) is 11.1 Å². The van der Waals surface area contributed by atoms with Crippen LogP contribution in [-0.2, 0) is 0 Å². The lowest BCUT2D eigenvalue weighted by molar-refractivity contribution is 0.102. The zero-order valence-corrected chi connectivity index (χ0v) is 10.4. The van der Waals surface area contributed by atoms with Crippen molar-refractivity contribution in [2.24, 2.45) is 5.73 Å². The van der Waals surface area contributed by atoms with Crippen LogP contribution >= 0.6 is 0 Å². The van der Waals surface area contributed by atoms with E-state index in [1.54, 1.807) is 6.07 Å². The highest BCUT2D eigenvalue weighted by atomic mass is 19.1. The minimum Gasteiger partial charge on any atom is -0.320 e. The molecule has 0 aliphatic rings. The first-order valence-corrected chi connectivity index (χ1v) is 5.77. The summed E-state index contributed by atoms with van der Waals surface area (Å²) in [6.45, 7) is 0.204. The van der Waals surface area contributed by atoms with Crippen molar-refractivity contribution in [3.05, 3.63) is 53.6 Å². The number of hydrogen-bond acceptors (Lipinski definition) is 4. The molecule has 5 nitrogen and oxygen atoms in total. The third-order valence-electron chi connectivity index (χ3n) is 2.40. The maximum atomic E-state index is 13.8. The summed E-state index contributed by atoms with van der Waals surface area (Å²) in [7, 11) is 0. The predicted molar refractivity (Wildman–Crippen MR) is 72.3 cm³/mol. The molecule has 0 aliphatic heterocycles. The third kappa shape index (κ3) is 3.37. The number of carbonyl (C=O) groups excluding carboxylic acids is 1. The Kier molecular flexibility index (Phi) is 4.37. The Morgan fingerprint density at radius 2 is 2.20 bits per heavy atom. The van der Waals surface area contributed by atoms with Crippen molar-refractivity contribution in [1.29, 1.82) is 0 Å². The van der Waals surface area contributed by atoms with Crippen molar-refractivity contribution >= 4 is 11.6 Å². The summed E-state index contributed by atoms with van der Waals surface area (Å²) in [5.74, 6) is 4.31. The van der Waals surface area contributed by atoms with Crippen LogP contribution in [0.2, 0.25) is 0 Å². The lowest BCUT2D eigenvalue weighted by atomic mass is 10.2. The molecule has 0 fully saturated rings. The average molecular weight is 270 g/mol. The summed E-state index contributed by atoms with van der Waals surface area (Å²) in [4.78, 5) is 11.8. The Labute approximate surface area is 115 Å². The summed E-state index contributed by atoms with van der Waals surface area (Å²) >= 11 is 0. The van der Waals surface area contributed by atoms with Gasteiger partial charge in [0.15, 0.2) is 0 Å². The van der Waals surface area contributed by atoms with E-state index in [2.05, 4.69) is 27.4 Å². The molecule has 0 saturated heterocycles. The fraction of sp³-hybridized carbons (Fsp3) is 0.0714. The molecule has 2 rings (SSSR count). The van der Waals surface area contributed by atoms with E-state index >= 15 is 0 Å². The predicted octanol–water partition coefficient (Wildman–Crippen LogP) is 1.18. The molecule has 3 N–H and O–H groups in total. The van der Waals surface area contributed by atoms with Gasteiger partial charge in [0.05, 0.1) is 30.2 Å². The summed E-state index contributed by atoms with van der Waals surface area (Å²) in [6.07, 6.45) is 2.69. The lowest BCUT2D eigenvalue weighted by Gasteiger charge is -2.06. The fourth-order valence-electron chi connectivity index (χ4n) is 1.47. The van der Waals surface area contributed by atoms with Crippen molar-refractivity contribution < 1.29 is 9.18 Å². The number of nitrogens with zero attached hydrogens (tertiary/aromatic N) is 2. The normalized spacial score (nSPS) is 9.50. The highest BCUT2D eigenvalue weighted by Gasteiger charge is 2.09. The molecule has 20 heavy (non-hydrogen) atoms. The van der Waals surface area contributed by atoms with E-state index in [1.807, 2.05) is 0 Å². The average Bonchev–Trinajstić information content (AvgIpc) is 2.48. The number of nitrogens with two attached hydrogens (primary N) is 1. The van der Waals surface area contributed by atoms with Gasteiger partial charge in [-0.2, -0.15) is 10.2 Å². The van der Waals surface area contributed by atoms with Gasteiger partial charge >= 0.3 is 0 Å². The van der Waals surface area contributed by atoms with Crippen LogP contribution in [0.4, 0.5) is 10.1 Å². The summed E-state index contributed by atoms with van der Waals surface area (Å²) in [6, 6.07) is 5.78. The highest BCUT2D eigenvalue weighted by molar-refractivity contribution is 6.04. The van der Waals surface area contributed by atoms with Gasteiger partial charge in [-0.15, -0.1) is 0 Å². The molecule has 0 bridgehead atoms. The van der Waals surface area contributed by atoms with Gasteiger partial charge in [-0.25, -0.2) is 4.39 Å². The number of aromatic nitrogens is 2. The van der Waals surface area contributed by atoms with Crippen LogP contribution in [0.15, 0.2) is 36.7 Å². The Balaban J connectivity index is 2.16. The van der Waals surface area contributed by atoms with Crippen LogP contribution < -0.4 is 11.1 Å². The molecule has 0 saturated carbocycles. The molecule has 0 unspecified atom stereocenters. The number of hydrogen-bond donors (Lipinski definition) is 2. The number of rotatable bonds is 2. The molecule has 1 aromatic carbocycles. The Morgan fingerprint density at radius 3 is 2.85 bits per heavy atom. The smallest absolute Gasteiger partial charge is 0.257 e. The van der Waals surface area contributed by atoms with Gasteiger partial charge in [0.2, 0.25) is 0 Å². The molecular weight excluding hydrogens is 259 g/mol. The van der Waals surface area contributed by atoms with E-state index in [4.69, 9.17) is 5.73 Å². The molecule has 1 heterocycles. The zero-order valence-electron chi connectivity index (χ0n) is 10.4. The molecule has 2 aromatic rings. The van der Waals surface area contributed by atoms with E-state index in [0.717, 1.165) is 0 Å². The number of anilines is 1. The van der Waals surface area contributed by atoms with Crippen LogP contribution in [0.25, 0.3) is 0 Å². The van der Waals surface area contributed by atoms with Gasteiger partial charge in [0, 0.05) is 5.56 Å². The zero-order chi connectivity index (χ0) is 14.4. The van der Waals surface area contributed by atoms with Crippen molar-refractivity contribution in [2.75, 3.05) is 11.9 Å². The van der Waals surface area contributed by atoms with Gasteiger partial charge < -0.3 is 11.1 Å². The number of halogens is 1. The molecule has 0 radical (unpaired) electrons. The van der Waals surface area contributed by atoms with Crippen LogP contribution in [0.5, 0.6) is 0 Å². The fourth-order valence-corrected chi connectivity index (χ4v) is 1.47. The Morgan fingerprint density at radius 1 is 1.35 bits per heavy atom. The van der Waals surface area contributed by atoms with Gasteiger partial charge in [-0.1, -0.05) is 11.8 Å². The van der Waals surface area contributed by atoms with Crippen molar-refractivity contribution in [3.63, 3.8) is 0 Å². The molecule has 0 spiro atoms. The quantitative estimate of drug-likeness (QED) is 0.803. The molecule has 6 heteroatoms. The summed E-state index contributed by atoms with van der Waals surface area (Å²) < 4.78 is 13.8. The maximum Gasteiger partial charge on any atom is 0.257 e. The SMILES string of the molecule is NCC#Cc1ccc(NC(=O)c2ccnnc2)c(F)c1. The molecular formula is C14H11FN4O. The number of nitrogens with one attached hydrogen (secondary N) is 1. The molecule has 0 atom stereocenters. The van der Waals surface area contributed by atoms with E-state index in [-0.39, 0.29) is 12.2 Å². The second-order valence-corrected chi connectivity index (χ2v) is 3.79. The van der Waals surface area contributed by atoms with E-state index < -0.39 is 11.7 Å². The first kappa shape index (κ1) is 13.6. The minimum absolute atomic E-state index is 0.0742. The molecule has 100 valence electrons. The summed E-state index contributed by atoms with van der Waals surface area (Å²) in [5.41, 5.74) is 6.11. The number of benzene rings is 1. The first-order valence-electron chi connectivity index (χ1n) is 5.77. The van der Waals surface area contributed by atoms with Gasteiger partial charge in [-0.05, 0) is 24.3 Å². The van der Waals surface area contributed by atoms with E-state index in [9.17, 15) is 9.18 Å². The van der Waals surface area contributed by atoms with Crippen LogP contribution in [0, 0.1) is 17.7 Å². The Bertz CT molecular complexity index is 677. The summed E-state index contributed by atoms with van der Waals surface area (Å²) in [5, 5.41) is 9.60. The standard InChI is InChI=1S/C14H11FN4O/c15-12-8-10(2-1-6-16)3-4-13(12)19-14(20)11-5-7-17-18-9-11/h3-5,7-9H,6,16H2,(H,19,20). The van der Waals surface area contributed by atoms with Crippen molar-refractivity contribution in [2.45, 2.75) is 0 Å². The number of amides is 1. The topological polar surface area (TPSA) is 80.9 Å². The van der Waals surface area contributed by atoms with E-state index in [1.165, 1.54) is 30.6 Å². The van der Waals surface area contributed by atoms with Crippen molar-refractivity contribution in [1.82, 2.24) is 10.2 Å². The second-order valence-electron chi connectivity index (χ2n) is 3.79. The number of carbonyl (C=O) groups is 1. The van der Waals surface area contributed by atoms with Gasteiger partial charge in [-0.3, -0.25) is 4.79 Å². The van der Waals surface area contributed by atoms with Gasteiger partial charge in [0.1, 0.15) is 5.82 Å². The largest absolute Gasteiger partial charge is 0.320 e. The monoisotopic (exact) mass is 270 g/mol. The molecule has 0 aliphatic carbocycles. The first-order chi connectivity index (χ1) is 9.70.